The number of oxime groups is 1. The first kappa shape index (κ1) is 14.0. The first-order valence-corrected chi connectivity index (χ1v) is 6.82. The van der Waals surface area contributed by atoms with Gasteiger partial charge < -0.3 is 9.25 Å². The number of nitrogens with zero attached hydrogens (tertiary/aromatic N) is 2. The Morgan fingerprint density at radius 3 is 2.64 bits per heavy atom. The van der Waals surface area contributed by atoms with Gasteiger partial charge in [-0.15, -0.1) is 0 Å². The highest BCUT2D eigenvalue weighted by Gasteiger charge is 2.12. The first-order chi connectivity index (χ1) is 10.6. The van der Waals surface area contributed by atoms with Crippen LogP contribution >= 0.6 is 0 Å². The molecule has 0 bridgehead atoms. The summed E-state index contributed by atoms with van der Waals surface area (Å²) in [6, 6.07) is 14.6. The summed E-state index contributed by atoms with van der Waals surface area (Å²) in [5, 5.41) is 3.82. The van der Waals surface area contributed by atoms with E-state index in [1.54, 1.807) is 19.1 Å². The number of aromatic nitrogens is 1. The molecule has 0 unspecified atom stereocenters. The predicted molar refractivity (Wildman–Crippen MR) is 82.8 cm³/mol. The van der Waals surface area contributed by atoms with Crippen LogP contribution in [0.15, 0.2) is 58.1 Å². The number of para-hydroxylation sites is 2. The molecule has 22 heavy (non-hydrogen) atoms. The van der Waals surface area contributed by atoms with E-state index in [0.717, 1.165) is 11.1 Å². The molecule has 0 aliphatic carbocycles. The Morgan fingerprint density at radius 1 is 1.14 bits per heavy atom. The third-order valence-electron chi connectivity index (χ3n) is 3.23. The highest BCUT2D eigenvalue weighted by atomic mass is 16.7. The fourth-order valence-corrected chi connectivity index (χ4v) is 2.03. The summed E-state index contributed by atoms with van der Waals surface area (Å²) in [6.45, 7) is 3.52. The van der Waals surface area contributed by atoms with Crippen LogP contribution in [-0.4, -0.2) is 16.7 Å². The molecule has 3 aromatic rings. The summed E-state index contributed by atoms with van der Waals surface area (Å²) in [5.74, 6) is -0.174. The maximum atomic E-state index is 12.0. The topological polar surface area (TPSA) is 64.7 Å². The molecule has 1 aromatic heterocycles. The molecule has 0 spiro atoms. The molecule has 5 heteroatoms. The van der Waals surface area contributed by atoms with Crippen molar-refractivity contribution in [3.8, 4) is 0 Å². The van der Waals surface area contributed by atoms with Crippen LogP contribution in [-0.2, 0) is 4.84 Å². The Bertz CT molecular complexity index is 832. The molecule has 0 saturated heterocycles. The Kier molecular flexibility index (Phi) is 3.70. The Labute approximate surface area is 127 Å². The summed E-state index contributed by atoms with van der Waals surface area (Å²) < 4.78 is 5.56. The third-order valence-corrected chi connectivity index (χ3v) is 3.23. The normalized spacial score (nSPS) is 11.6. The number of aryl methyl sites for hydroxylation is 1. The summed E-state index contributed by atoms with van der Waals surface area (Å²) in [5.41, 5.74) is 3.12. The van der Waals surface area contributed by atoms with Crippen molar-refractivity contribution in [3.05, 3.63) is 65.5 Å². The highest BCUT2D eigenvalue weighted by molar-refractivity contribution is 5.97. The molecule has 5 nitrogen and oxygen atoms in total. The summed E-state index contributed by atoms with van der Waals surface area (Å²) in [7, 11) is 0. The largest absolute Gasteiger partial charge is 0.435 e. The third kappa shape index (κ3) is 2.74. The highest BCUT2D eigenvalue weighted by Crippen LogP contribution is 2.15. The lowest BCUT2D eigenvalue weighted by Crippen LogP contribution is -2.05. The van der Waals surface area contributed by atoms with Gasteiger partial charge in [-0.3, -0.25) is 0 Å². The minimum atomic E-state index is -0.506. The van der Waals surface area contributed by atoms with Gasteiger partial charge in [0.2, 0.25) is 5.89 Å². The van der Waals surface area contributed by atoms with Gasteiger partial charge in [-0.2, -0.15) is 0 Å². The molecule has 0 radical (unpaired) electrons. The van der Waals surface area contributed by atoms with E-state index in [-0.39, 0.29) is 0 Å². The lowest BCUT2D eigenvalue weighted by Gasteiger charge is -2.01. The summed E-state index contributed by atoms with van der Waals surface area (Å²) in [6.07, 6.45) is 0. The number of carbonyl (C=O) groups excluding carboxylic acids is 1. The minimum Gasteiger partial charge on any atom is -0.435 e. The number of oxazole rings is 1. The number of carbonyl (C=O) groups is 1. The van der Waals surface area contributed by atoms with Crippen LogP contribution in [0, 0.1) is 6.92 Å². The second-order valence-electron chi connectivity index (χ2n) is 4.86. The fraction of sp³-hybridized carbons (Fsp3) is 0.118. The quantitative estimate of drug-likeness (QED) is 0.419. The van der Waals surface area contributed by atoms with E-state index >= 15 is 0 Å². The van der Waals surface area contributed by atoms with Crippen LogP contribution < -0.4 is 0 Å². The zero-order valence-electron chi connectivity index (χ0n) is 12.2. The van der Waals surface area contributed by atoms with Crippen molar-refractivity contribution in [2.24, 2.45) is 5.16 Å². The first-order valence-electron chi connectivity index (χ1n) is 6.82. The molecule has 0 aliphatic heterocycles. The standard InChI is InChI=1S/C17H14N2O3/c1-11-7-3-4-8-13(11)17(20)22-19-12(2)16-18-14-9-5-6-10-15(14)21-16/h3-10H,1-2H3/b19-12+. The molecule has 0 amide bonds. The molecule has 1 heterocycles. The average molecular weight is 294 g/mol. The van der Waals surface area contributed by atoms with Crippen molar-refractivity contribution in [2.45, 2.75) is 13.8 Å². The lowest BCUT2D eigenvalue weighted by atomic mass is 10.1. The monoisotopic (exact) mass is 294 g/mol. The van der Waals surface area contributed by atoms with E-state index in [9.17, 15) is 4.79 Å². The van der Waals surface area contributed by atoms with Crippen molar-refractivity contribution < 1.29 is 14.0 Å². The minimum absolute atomic E-state index is 0.332. The average Bonchev–Trinajstić information content (AvgIpc) is 2.97. The molecule has 0 fully saturated rings. The van der Waals surface area contributed by atoms with Gasteiger partial charge in [0.05, 0.1) is 5.56 Å². The molecular formula is C17H14N2O3. The van der Waals surface area contributed by atoms with Crippen LogP contribution in [0.4, 0.5) is 0 Å². The van der Waals surface area contributed by atoms with Crippen molar-refractivity contribution in [1.29, 1.82) is 0 Å². The Hall–Kier alpha value is -2.95. The van der Waals surface area contributed by atoms with Gasteiger partial charge in [0.25, 0.3) is 0 Å². The smallest absolute Gasteiger partial charge is 0.366 e. The van der Waals surface area contributed by atoms with Crippen LogP contribution in [0.1, 0.15) is 28.7 Å². The number of fused-ring (bicyclic) bond motifs is 1. The van der Waals surface area contributed by atoms with Gasteiger partial charge in [0.15, 0.2) is 5.58 Å². The van der Waals surface area contributed by atoms with E-state index in [2.05, 4.69) is 10.1 Å². The second kappa shape index (κ2) is 5.81. The van der Waals surface area contributed by atoms with E-state index in [1.165, 1.54) is 0 Å². The number of benzene rings is 2. The van der Waals surface area contributed by atoms with Crippen LogP contribution in [0.3, 0.4) is 0 Å². The van der Waals surface area contributed by atoms with E-state index in [4.69, 9.17) is 9.25 Å². The van der Waals surface area contributed by atoms with Gasteiger partial charge >= 0.3 is 5.97 Å². The summed E-state index contributed by atoms with van der Waals surface area (Å²) >= 11 is 0. The molecule has 3 rings (SSSR count). The van der Waals surface area contributed by atoms with Gasteiger partial charge in [0.1, 0.15) is 11.2 Å². The zero-order valence-corrected chi connectivity index (χ0v) is 12.2. The molecule has 2 aromatic carbocycles. The second-order valence-corrected chi connectivity index (χ2v) is 4.86. The SMILES string of the molecule is C/C(=N\OC(=O)c1ccccc1C)c1nc2ccccc2o1. The van der Waals surface area contributed by atoms with Crippen molar-refractivity contribution >= 4 is 22.8 Å². The molecular weight excluding hydrogens is 280 g/mol. The fourth-order valence-electron chi connectivity index (χ4n) is 2.03. The van der Waals surface area contributed by atoms with Crippen molar-refractivity contribution in [1.82, 2.24) is 4.98 Å². The van der Waals surface area contributed by atoms with Gasteiger partial charge in [-0.05, 0) is 37.6 Å². The number of hydrogen-bond donors (Lipinski definition) is 0. The Morgan fingerprint density at radius 2 is 1.86 bits per heavy atom. The van der Waals surface area contributed by atoms with E-state index in [0.29, 0.717) is 22.7 Å². The Balaban J connectivity index is 1.80. The van der Waals surface area contributed by atoms with Gasteiger partial charge in [-0.25, -0.2) is 9.78 Å². The number of rotatable bonds is 3. The number of hydrogen-bond acceptors (Lipinski definition) is 5. The van der Waals surface area contributed by atoms with Gasteiger partial charge in [0, 0.05) is 0 Å². The van der Waals surface area contributed by atoms with E-state index < -0.39 is 5.97 Å². The molecule has 0 saturated carbocycles. The molecule has 110 valence electrons. The van der Waals surface area contributed by atoms with Crippen LogP contribution in [0.2, 0.25) is 0 Å². The maximum Gasteiger partial charge on any atom is 0.366 e. The van der Waals surface area contributed by atoms with E-state index in [1.807, 2.05) is 43.3 Å². The maximum absolute atomic E-state index is 12.0. The van der Waals surface area contributed by atoms with Crippen LogP contribution in [0.5, 0.6) is 0 Å². The van der Waals surface area contributed by atoms with Crippen molar-refractivity contribution in [3.63, 3.8) is 0 Å². The van der Waals surface area contributed by atoms with Crippen LogP contribution in [0.25, 0.3) is 11.1 Å². The van der Waals surface area contributed by atoms with Gasteiger partial charge in [-0.1, -0.05) is 35.5 Å². The molecule has 0 N–H and O–H groups in total. The summed E-state index contributed by atoms with van der Waals surface area (Å²) in [4.78, 5) is 21.3. The predicted octanol–water partition coefficient (Wildman–Crippen LogP) is 3.72. The molecule has 0 aliphatic rings. The zero-order chi connectivity index (χ0) is 15.5. The van der Waals surface area contributed by atoms with Crippen molar-refractivity contribution in [2.75, 3.05) is 0 Å². The molecule has 0 atom stereocenters. The lowest BCUT2D eigenvalue weighted by molar-refractivity contribution is 0.0515.